The summed E-state index contributed by atoms with van der Waals surface area (Å²) in [7, 11) is 0. The van der Waals surface area contributed by atoms with E-state index in [0.29, 0.717) is 43.7 Å². The minimum atomic E-state index is -0.237. The third-order valence-electron chi connectivity index (χ3n) is 5.77. The van der Waals surface area contributed by atoms with Crippen molar-refractivity contribution in [3.8, 4) is 0 Å². The number of aromatic nitrogens is 2. The molecule has 1 aromatic heterocycles. The van der Waals surface area contributed by atoms with Gasteiger partial charge in [0.15, 0.2) is 0 Å². The number of piperazine rings is 1. The Morgan fingerprint density at radius 2 is 1.72 bits per heavy atom. The van der Waals surface area contributed by atoms with E-state index in [1.54, 1.807) is 18.2 Å². The molecule has 1 amide bonds. The van der Waals surface area contributed by atoms with Gasteiger partial charge in [0.05, 0.1) is 0 Å². The second-order valence-electron chi connectivity index (χ2n) is 7.92. The molecule has 2 aliphatic rings. The molecule has 0 atom stereocenters. The Balaban J connectivity index is 1.39. The van der Waals surface area contributed by atoms with E-state index in [1.165, 1.54) is 31.4 Å². The van der Waals surface area contributed by atoms with Crippen molar-refractivity contribution in [2.24, 2.45) is 0 Å². The van der Waals surface area contributed by atoms with Crippen molar-refractivity contribution in [3.05, 3.63) is 47.7 Å². The fourth-order valence-corrected chi connectivity index (χ4v) is 4.19. The van der Waals surface area contributed by atoms with Crippen LogP contribution in [0.3, 0.4) is 0 Å². The van der Waals surface area contributed by atoms with E-state index >= 15 is 0 Å². The van der Waals surface area contributed by atoms with Crippen molar-refractivity contribution in [3.63, 3.8) is 0 Å². The molecule has 0 spiro atoms. The number of rotatable bonds is 4. The minimum Gasteiger partial charge on any atom is -0.368 e. The highest BCUT2D eigenvalue weighted by atomic mass is 19.1. The van der Waals surface area contributed by atoms with E-state index in [0.717, 1.165) is 24.3 Å². The maximum Gasteiger partial charge on any atom is 0.272 e. The first kappa shape index (κ1) is 19.6. The number of hydrogen-bond donors (Lipinski definition) is 1. The van der Waals surface area contributed by atoms with Crippen molar-refractivity contribution in [1.29, 1.82) is 0 Å². The molecular formula is C22H28FN5O. The normalized spacial score (nSPS) is 18.0. The van der Waals surface area contributed by atoms with Gasteiger partial charge < -0.3 is 15.1 Å². The first-order chi connectivity index (χ1) is 14.1. The van der Waals surface area contributed by atoms with E-state index in [1.807, 2.05) is 11.8 Å². The maximum absolute atomic E-state index is 13.1. The van der Waals surface area contributed by atoms with Crippen LogP contribution in [0.2, 0.25) is 0 Å². The molecule has 0 radical (unpaired) electrons. The number of benzene rings is 1. The van der Waals surface area contributed by atoms with Crippen LogP contribution in [0.15, 0.2) is 30.3 Å². The van der Waals surface area contributed by atoms with E-state index < -0.39 is 0 Å². The molecule has 2 heterocycles. The molecule has 1 N–H and O–H groups in total. The van der Waals surface area contributed by atoms with Crippen molar-refractivity contribution >= 4 is 17.4 Å². The molecule has 29 heavy (non-hydrogen) atoms. The van der Waals surface area contributed by atoms with Crippen LogP contribution in [-0.2, 0) is 0 Å². The van der Waals surface area contributed by atoms with Gasteiger partial charge in [-0.2, -0.15) is 0 Å². The van der Waals surface area contributed by atoms with Crippen LogP contribution >= 0.6 is 0 Å². The Morgan fingerprint density at radius 3 is 2.41 bits per heavy atom. The van der Waals surface area contributed by atoms with E-state index in [2.05, 4.69) is 20.2 Å². The van der Waals surface area contributed by atoms with Crippen LogP contribution in [0.5, 0.6) is 0 Å². The van der Waals surface area contributed by atoms with Crippen molar-refractivity contribution in [2.75, 3.05) is 36.4 Å². The molecule has 1 aliphatic heterocycles. The highest BCUT2D eigenvalue weighted by molar-refractivity contribution is 5.93. The first-order valence-electron chi connectivity index (χ1n) is 10.5. The van der Waals surface area contributed by atoms with Gasteiger partial charge in [0, 0.05) is 44.0 Å². The molecule has 1 saturated carbocycles. The van der Waals surface area contributed by atoms with E-state index in [-0.39, 0.29) is 11.7 Å². The van der Waals surface area contributed by atoms with Gasteiger partial charge in [0.25, 0.3) is 5.91 Å². The maximum atomic E-state index is 13.1. The molecule has 2 aromatic rings. The molecular weight excluding hydrogens is 369 g/mol. The summed E-state index contributed by atoms with van der Waals surface area (Å²) in [5.41, 5.74) is 1.43. The molecule has 4 rings (SSSR count). The van der Waals surface area contributed by atoms with Gasteiger partial charge in [-0.05, 0) is 44.0 Å². The Bertz CT molecular complexity index is 843. The van der Waals surface area contributed by atoms with Crippen LogP contribution in [0.4, 0.5) is 15.9 Å². The first-order valence-corrected chi connectivity index (χ1v) is 10.5. The molecule has 7 heteroatoms. The minimum absolute atomic E-state index is 0.0547. The van der Waals surface area contributed by atoms with Crippen molar-refractivity contribution in [2.45, 2.75) is 45.1 Å². The molecule has 1 aliphatic carbocycles. The zero-order chi connectivity index (χ0) is 20.2. The van der Waals surface area contributed by atoms with Gasteiger partial charge in [0.1, 0.15) is 23.2 Å². The largest absolute Gasteiger partial charge is 0.368 e. The van der Waals surface area contributed by atoms with Crippen LogP contribution in [0, 0.1) is 12.7 Å². The number of carbonyl (C=O) groups is 1. The molecule has 154 valence electrons. The topological polar surface area (TPSA) is 61.4 Å². The summed E-state index contributed by atoms with van der Waals surface area (Å²) in [6, 6.07) is 8.72. The summed E-state index contributed by atoms with van der Waals surface area (Å²) in [6.45, 7) is 4.49. The lowest BCUT2D eigenvalue weighted by molar-refractivity contribution is 0.0740. The van der Waals surface area contributed by atoms with Crippen molar-refractivity contribution < 1.29 is 9.18 Å². The van der Waals surface area contributed by atoms with Crippen LogP contribution in [-0.4, -0.2) is 53.0 Å². The van der Waals surface area contributed by atoms with Gasteiger partial charge in [-0.25, -0.2) is 14.4 Å². The quantitative estimate of drug-likeness (QED) is 0.854. The fourth-order valence-electron chi connectivity index (χ4n) is 4.19. The number of anilines is 2. The molecule has 1 saturated heterocycles. The molecule has 6 nitrogen and oxygen atoms in total. The SMILES string of the molecule is Cc1nc(NC2CCCCC2)cc(C(=O)N2CCN(c3ccc(F)cc3)CC2)n1. The molecule has 2 fully saturated rings. The molecule has 1 aromatic carbocycles. The predicted octanol–water partition coefficient (Wildman–Crippen LogP) is 3.63. The number of nitrogens with zero attached hydrogens (tertiary/aromatic N) is 4. The third kappa shape index (κ3) is 4.83. The lowest BCUT2D eigenvalue weighted by atomic mass is 9.95. The average Bonchev–Trinajstić information content (AvgIpc) is 2.74. The highest BCUT2D eigenvalue weighted by Crippen LogP contribution is 2.22. The smallest absolute Gasteiger partial charge is 0.272 e. The number of amides is 1. The van der Waals surface area contributed by atoms with Gasteiger partial charge in [-0.3, -0.25) is 4.79 Å². The summed E-state index contributed by atoms with van der Waals surface area (Å²) >= 11 is 0. The summed E-state index contributed by atoms with van der Waals surface area (Å²) < 4.78 is 13.1. The zero-order valence-electron chi connectivity index (χ0n) is 16.9. The number of halogens is 1. The monoisotopic (exact) mass is 397 g/mol. The van der Waals surface area contributed by atoms with Crippen LogP contribution in [0.25, 0.3) is 0 Å². The summed E-state index contributed by atoms with van der Waals surface area (Å²) in [5.74, 6) is 1.07. The number of nitrogens with one attached hydrogen (secondary N) is 1. The third-order valence-corrected chi connectivity index (χ3v) is 5.77. The lowest BCUT2D eigenvalue weighted by Crippen LogP contribution is -2.49. The number of carbonyl (C=O) groups excluding carboxylic acids is 1. The summed E-state index contributed by atoms with van der Waals surface area (Å²) in [4.78, 5) is 25.9. The Labute approximate surface area is 171 Å². The van der Waals surface area contributed by atoms with Gasteiger partial charge in [-0.1, -0.05) is 19.3 Å². The second kappa shape index (κ2) is 8.76. The number of hydrogen-bond acceptors (Lipinski definition) is 5. The zero-order valence-corrected chi connectivity index (χ0v) is 16.9. The molecule has 0 unspecified atom stereocenters. The van der Waals surface area contributed by atoms with Gasteiger partial charge in [0.2, 0.25) is 0 Å². The van der Waals surface area contributed by atoms with Crippen LogP contribution in [0.1, 0.15) is 48.4 Å². The van der Waals surface area contributed by atoms with Crippen LogP contribution < -0.4 is 10.2 Å². The van der Waals surface area contributed by atoms with Gasteiger partial charge >= 0.3 is 0 Å². The van der Waals surface area contributed by atoms with E-state index in [4.69, 9.17) is 0 Å². The second-order valence-corrected chi connectivity index (χ2v) is 7.92. The van der Waals surface area contributed by atoms with Crippen molar-refractivity contribution in [1.82, 2.24) is 14.9 Å². The number of aryl methyl sites for hydroxylation is 1. The average molecular weight is 397 g/mol. The standard InChI is InChI=1S/C22H28FN5O/c1-16-24-20(15-21(25-16)26-18-5-3-2-4-6-18)22(29)28-13-11-27(12-14-28)19-9-7-17(23)8-10-19/h7-10,15,18H,2-6,11-14H2,1H3,(H,24,25,26). The Morgan fingerprint density at radius 1 is 1.03 bits per heavy atom. The van der Waals surface area contributed by atoms with E-state index in [9.17, 15) is 9.18 Å². The fraction of sp³-hybridized carbons (Fsp3) is 0.500. The van der Waals surface area contributed by atoms with Gasteiger partial charge in [-0.15, -0.1) is 0 Å². The Kier molecular flexibility index (Phi) is 5.92. The summed E-state index contributed by atoms with van der Waals surface area (Å²) in [6.07, 6.45) is 6.08. The lowest BCUT2D eigenvalue weighted by Gasteiger charge is -2.36. The highest BCUT2D eigenvalue weighted by Gasteiger charge is 2.24. The molecule has 0 bridgehead atoms. The predicted molar refractivity (Wildman–Crippen MR) is 112 cm³/mol. The summed E-state index contributed by atoms with van der Waals surface area (Å²) in [5, 5.41) is 3.49. The Hall–Kier alpha value is -2.70.